The maximum Gasteiger partial charge on any atom is 0.249 e. The third-order valence-electron chi connectivity index (χ3n) is 4.85. The van der Waals surface area contributed by atoms with Crippen LogP contribution in [0.1, 0.15) is 48.1 Å². The number of fused-ring (bicyclic) bond motifs is 1. The van der Waals surface area contributed by atoms with Crippen LogP contribution in [0, 0.1) is 41.5 Å². The molecule has 1 aromatic carbocycles. The van der Waals surface area contributed by atoms with E-state index in [0.717, 1.165) is 56.9 Å². The van der Waals surface area contributed by atoms with E-state index in [1.165, 1.54) is 0 Å². The Balaban J connectivity index is 0.00000117. The summed E-state index contributed by atoms with van der Waals surface area (Å²) in [4.78, 5) is 4.41. The fourth-order valence-corrected chi connectivity index (χ4v) is 3.76. The average Bonchev–Trinajstić information content (AvgIpc) is 3.27. The minimum atomic E-state index is 0.669. The standard InChI is InChI=1S/C20H23N5O2.C2H6/c1-10-8-16(26-7)9-11(2)17(10)19-13(4)27-20-18(12(3)22-25(19)20)24-15(6)21-14(5)23-24;1-2/h8-9H,1-7H3;1-2H3. The van der Waals surface area contributed by atoms with Crippen molar-refractivity contribution in [2.45, 2.75) is 55.4 Å². The van der Waals surface area contributed by atoms with E-state index in [4.69, 9.17) is 14.3 Å². The van der Waals surface area contributed by atoms with Gasteiger partial charge in [0.25, 0.3) is 0 Å². The van der Waals surface area contributed by atoms with Gasteiger partial charge in [-0.2, -0.15) is 14.7 Å². The lowest BCUT2D eigenvalue weighted by molar-refractivity contribution is 0.414. The first-order valence-corrected chi connectivity index (χ1v) is 9.86. The van der Waals surface area contributed by atoms with Gasteiger partial charge in [-0.3, -0.25) is 0 Å². The minimum absolute atomic E-state index is 0.669. The quantitative estimate of drug-likeness (QED) is 0.485. The summed E-state index contributed by atoms with van der Waals surface area (Å²) in [7, 11) is 1.68. The van der Waals surface area contributed by atoms with Gasteiger partial charge in [-0.25, -0.2) is 9.67 Å². The monoisotopic (exact) mass is 395 g/mol. The Morgan fingerprint density at radius 1 is 0.931 bits per heavy atom. The van der Waals surface area contributed by atoms with Gasteiger partial charge < -0.3 is 9.15 Å². The third kappa shape index (κ3) is 3.30. The number of benzene rings is 1. The van der Waals surface area contributed by atoms with Crippen molar-refractivity contribution in [3.05, 3.63) is 46.4 Å². The van der Waals surface area contributed by atoms with Gasteiger partial charge in [0.15, 0.2) is 5.69 Å². The van der Waals surface area contributed by atoms with E-state index < -0.39 is 0 Å². The largest absolute Gasteiger partial charge is 0.497 e. The van der Waals surface area contributed by atoms with Crippen LogP contribution in [0.2, 0.25) is 0 Å². The van der Waals surface area contributed by atoms with Crippen LogP contribution in [0.4, 0.5) is 0 Å². The fourth-order valence-electron chi connectivity index (χ4n) is 3.76. The van der Waals surface area contributed by atoms with Gasteiger partial charge in [-0.1, -0.05) is 13.8 Å². The summed E-state index contributed by atoms with van der Waals surface area (Å²) in [5.41, 5.74) is 6.61. The minimum Gasteiger partial charge on any atom is -0.497 e. The molecule has 3 heterocycles. The van der Waals surface area contributed by atoms with Gasteiger partial charge in [-0.15, -0.1) is 0 Å². The molecule has 0 bridgehead atoms. The van der Waals surface area contributed by atoms with Gasteiger partial charge in [0.2, 0.25) is 5.71 Å². The summed E-state index contributed by atoms with van der Waals surface area (Å²) in [5, 5.41) is 9.27. The molecule has 0 aliphatic rings. The second kappa shape index (κ2) is 7.73. The number of nitrogens with zero attached hydrogens (tertiary/aromatic N) is 5. The lowest BCUT2D eigenvalue weighted by atomic mass is 9.98. The average molecular weight is 396 g/mol. The maximum atomic E-state index is 6.17. The van der Waals surface area contributed by atoms with Gasteiger partial charge in [0, 0.05) is 5.56 Å². The fraction of sp³-hybridized carbons (Fsp3) is 0.409. The van der Waals surface area contributed by atoms with Gasteiger partial charge in [0.05, 0.1) is 12.8 Å². The Labute approximate surface area is 171 Å². The molecule has 0 saturated carbocycles. The van der Waals surface area contributed by atoms with Crippen molar-refractivity contribution < 1.29 is 9.15 Å². The van der Waals surface area contributed by atoms with Gasteiger partial charge >= 0.3 is 0 Å². The number of aromatic nitrogens is 5. The number of hydrogen-bond acceptors (Lipinski definition) is 5. The molecule has 154 valence electrons. The molecule has 0 aliphatic carbocycles. The number of hydrogen-bond donors (Lipinski definition) is 0. The summed E-state index contributed by atoms with van der Waals surface area (Å²) in [5.74, 6) is 3.18. The molecule has 0 N–H and O–H groups in total. The molecule has 0 spiro atoms. The van der Waals surface area contributed by atoms with Crippen LogP contribution >= 0.6 is 0 Å². The van der Waals surface area contributed by atoms with E-state index in [0.29, 0.717) is 5.71 Å². The molecule has 0 fully saturated rings. The Bertz CT molecular complexity index is 1160. The number of methoxy groups -OCH3 is 1. The normalized spacial score (nSPS) is 10.9. The predicted octanol–water partition coefficient (Wildman–Crippen LogP) is 5.06. The molecule has 0 amide bonds. The summed E-state index contributed by atoms with van der Waals surface area (Å²) >= 11 is 0. The summed E-state index contributed by atoms with van der Waals surface area (Å²) in [6.07, 6.45) is 0. The smallest absolute Gasteiger partial charge is 0.249 e. The van der Waals surface area contributed by atoms with Crippen molar-refractivity contribution in [1.29, 1.82) is 0 Å². The van der Waals surface area contributed by atoms with E-state index in [2.05, 4.69) is 23.9 Å². The molecule has 7 nitrogen and oxygen atoms in total. The van der Waals surface area contributed by atoms with E-state index in [1.54, 1.807) is 11.8 Å². The lowest BCUT2D eigenvalue weighted by Gasteiger charge is -2.11. The third-order valence-corrected chi connectivity index (χ3v) is 4.85. The number of oxazole rings is 1. The summed E-state index contributed by atoms with van der Waals surface area (Å²) in [6, 6.07) is 4.06. The zero-order chi connectivity index (χ0) is 21.5. The molecule has 0 unspecified atom stereocenters. The Hall–Kier alpha value is -3.09. The number of aryl methyl sites for hydroxylation is 6. The second-order valence-corrected chi connectivity index (χ2v) is 6.91. The molecular weight excluding hydrogens is 366 g/mol. The highest BCUT2D eigenvalue weighted by molar-refractivity contribution is 5.75. The molecule has 4 aromatic rings. The Morgan fingerprint density at radius 2 is 1.55 bits per heavy atom. The highest BCUT2D eigenvalue weighted by atomic mass is 16.5. The first kappa shape index (κ1) is 20.6. The lowest BCUT2D eigenvalue weighted by Crippen LogP contribution is -2.00. The van der Waals surface area contributed by atoms with Crippen molar-refractivity contribution in [2.24, 2.45) is 0 Å². The predicted molar refractivity (Wildman–Crippen MR) is 114 cm³/mol. The highest BCUT2D eigenvalue weighted by Gasteiger charge is 2.25. The second-order valence-electron chi connectivity index (χ2n) is 6.91. The molecule has 0 atom stereocenters. The van der Waals surface area contributed by atoms with Crippen molar-refractivity contribution in [3.63, 3.8) is 0 Å². The molecule has 0 radical (unpaired) electrons. The van der Waals surface area contributed by atoms with Crippen LogP contribution < -0.4 is 4.74 Å². The Morgan fingerprint density at radius 3 is 2.07 bits per heavy atom. The van der Waals surface area contributed by atoms with Crippen LogP contribution in [0.5, 0.6) is 5.75 Å². The maximum absolute atomic E-state index is 6.17. The van der Waals surface area contributed by atoms with Crippen molar-refractivity contribution >= 4 is 5.71 Å². The van der Waals surface area contributed by atoms with Gasteiger partial charge in [-0.05, 0) is 64.8 Å². The van der Waals surface area contributed by atoms with Crippen molar-refractivity contribution in [2.75, 3.05) is 7.11 Å². The van der Waals surface area contributed by atoms with E-state index in [1.807, 2.05) is 58.2 Å². The van der Waals surface area contributed by atoms with Crippen LogP contribution in [-0.4, -0.2) is 31.5 Å². The summed E-state index contributed by atoms with van der Waals surface area (Å²) < 4.78 is 15.2. The van der Waals surface area contributed by atoms with Gasteiger partial charge in [0.1, 0.15) is 28.9 Å². The molecule has 7 heteroatoms. The van der Waals surface area contributed by atoms with E-state index in [9.17, 15) is 0 Å². The first-order chi connectivity index (χ1) is 13.8. The molecule has 3 aromatic heterocycles. The zero-order valence-corrected chi connectivity index (χ0v) is 18.7. The molecule has 29 heavy (non-hydrogen) atoms. The first-order valence-electron chi connectivity index (χ1n) is 9.86. The summed E-state index contributed by atoms with van der Waals surface area (Å²) in [6.45, 7) is 15.9. The zero-order valence-electron chi connectivity index (χ0n) is 18.7. The van der Waals surface area contributed by atoms with Crippen LogP contribution in [-0.2, 0) is 0 Å². The van der Waals surface area contributed by atoms with Crippen LogP contribution in [0.25, 0.3) is 22.7 Å². The number of rotatable bonds is 3. The Kier molecular flexibility index (Phi) is 5.50. The topological polar surface area (TPSA) is 70.4 Å². The van der Waals surface area contributed by atoms with E-state index in [-0.39, 0.29) is 0 Å². The van der Waals surface area contributed by atoms with E-state index >= 15 is 0 Å². The van der Waals surface area contributed by atoms with Crippen LogP contribution in [0.15, 0.2) is 16.5 Å². The SMILES string of the molecule is CC.COc1cc(C)c(-c2c(C)oc3c(-n4nc(C)nc4C)c(C)nn23)c(C)c1. The van der Waals surface area contributed by atoms with Crippen LogP contribution in [0.3, 0.4) is 0 Å². The number of ether oxygens (including phenoxy) is 1. The molecule has 0 aliphatic heterocycles. The molecule has 4 rings (SSSR count). The highest BCUT2D eigenvalue weighted by Crippen LogP contribution is 2.36. The van der Waals surface area contributed by atoms with Crippen molar-refractivity contribution in [1.82, 2.24) is 24.4 Å². The molecule has 0 saturated heterocycles. The molecular formula is C22H29N5O2. The van der Waals surface area contributed by atoms with Crippen molar-refractivity contribution in [3.8, 4) is 22.7 Å².